The molecule has 5 heteroatoms. The molecular formula is C19H29N5. The smallest absolute Gasteiger partial charge is 0.194 e. The zero-order chi connectivity index (χ0) is 17.7. The molecule has 0 bridgehead atoms. The molecule has 0 saturated carbocycles. The Balaban J connectivity index is 2.17. The van der Waals surface area contributed by atoms with Gasteiger partial charge in [-0.2, -0.15) is 5.10 Å². The Hall–Kier alpha value is -2.30. The Bertz CT molecular complexity index is 715. The molecule has 130 valence electrons. The Morgan fingerprint density at radius 2 is 1.96 bits per heavy atom. The van der Waals surface area contributed by atoms with Crippen LogP contribution in [0.4, 0.5) is 0 Å². The first-order valence-corrected chi connectivity index (χ1v) is 8.47. The normalized spacial score (nSPS) is 11.7. The van der Waals surface area contributed by atoms with Gasteiger partial charge >= 0.3 is 0 Å². The Morgan fingerprint density at radius 3 is 2.54 bits per heavy atom. The zero-order valence-electron chi connectivity index (χ0n) is 15.7. The van der Waals surface area contributed by atoms with Gasteiger partial charge in [0.1, 0.15) is 0 Å². The van der Waals surface area contributed by atoms with Crippen molar-refractivity contribution in [2.75, 3.05) is 13.6 Å². The zero-order valence-corrected chi connectivity index (χ0v) is 15.7. The monoisotopic (exact) mass is 327 g/mol. The van der Waals surface area contributed by atoms with Gasteiger partial charge in [0, 0.05) is 38.4 Å². The molecule has 1 aromatic heterocycles. The van der Waals surface area contributed by atoms with Gasteiger partial charge in [0.25, 0.3) is 0 Å². The molecule has 1 N–H and O–H groups in total. The summed E-state index contributed by atoms with van der Waals surface area (Å²) in [6.07, 6.45) is 0. The lowest BCUT2D eigenvalue weighted by Crippen LogP contribution is -2.38. The molecule has 0 amide bonds. The van der Waals surface area contributed by atoms with Crippen LogP contribution in [-0.2, 0) is 20.1 Å². The number of aryl methyl sites for hydroxylation is 3. The van der Waals surface area contributed by atoms with Gasteiger partial charge in [-0.05, 0) is 38.8 Å². The lowest BCUT2D eigenvalue weighted by Gasteiger charge is -2.23. The third-order valence-corrected chi connectivity index (χ3v) is 4.41. The molecule has 5 nitrogen and oxygen atoms in total. The number of rotatable bonds is 5. The van der Waals surface area contributed by atoms with Crippen LogP contribution in [0.2, 0.25) is 0 Å². The second-order valence-corrected chi connectivity index (χ2v) is 6.23. The van der Waals surface area contributed by atoms with E-state index in [0.717, 1.165) is 24.7 Å². The van der Waals surface area contributed by atoms with Crippen molar-refractivity contribution in [2.45, 2.75) is 40.8 Å². The number of hydrogen-bond acceptors (Lipinski definition) is 2. The number of nitrogens with one attached hydrogen (secondary N) is 1. The first-order valence-electron chi connectivity index (χ1n) is 8.47. The van der Waals surface area contributed by atoms with Gasteiger partial charge < -0.3 is 10.2 Å². The average molecular weight is 327 g/mol. The van der Waals surface area contributed by atoms with Crippen LogP contribution in [0.25, 0.3) is 0 Å². The first kappa shape index (κ1) is 18.0. The summed E-state index contributed by atoms with van der Waals surface area (Å²) in [6.45, 7) is 10.7. The summed E-state index contributed by atoms with van der Waals surface area (Å²) >= 11 is 0. The molecule has 0 radical (unpaired) electrons. The van der Waals surface area contributed by atoms with Gasteiger partial charge in [-0.1, -0.05) is 24.3 Å². The van der Waals surface area contributed by atoms with Crippen LogP contribution in [0.5, 0.6) is 0 Å². The second-order valence-electron chi connectivity index (χ2n) is 6.23. The van der Waals surface area contributed by atoms with E-state index < -0.39 is 0 Å². The highest BCUT2D eigenvalue weighted by molar-refractivity contribution is 5.79. The van der Waals surface area contributed by atoms with Crippen LogP contribution in [-0.4, -0.2) is 34.2 Å². The van der Waals surface area contributed by atoms with Crippen LogP contribution in [0.15, 0.2) is 29.3 Å². The molecule has 0 saturated heterocycles. The minimum atomic E-state index is 0.645. The van der Waals surface area contributed by atoms with Crippen molar-refractivity contribution in [1.29, 1.82) is 0 Å². The van der Waals surface area contributed by atoms with E-state index in [1.807, 2.05) is 18.7 Å². The van der Waals surface area contributed by atoms with Crippen molar-refractivity contribution in [3.8, 4) is 0 Å². The molecule has 2 aromatic rings. The maximum absolute atomic E-state index is 4.82. The molecule has 0 aliphatic carbocycles. The van der Waals surface area contributed by atoms with Crippen molar-refractivity contribution in [1.82, 2.24) is 20.0 Å². The Labute approximate surface area is 145 Å². The summed E-state index contributed by atoms with van der Waals surface area (Å²) in [7, 11) is 4.06. The predicted octanol–water partition coefficient (Wildman–Crippen LogP) is 2.94. The van der Waals surface area contributed by atoms with Crippen LogP contribution in [0.1, 0.15) is 35.0 Å². The molecule has 0 aliphatic rings. The van der Waals surface area contributed by atoms with Gasteiger partial charge in [0.05, 0.1) is 12.2 Å². The largest absolute Gasteiger partial charge is 0.357 e. The van der Waals surface area contributed by atoms with Crippen LogP contribution in [0.3, 0.4) is 0 Å². The van der Waals surface area contributed by atoms with Crippen molar-refractivity contribution in [3.05, 3.63) is 52.3 Å². The topological polar surface area (TPSA) is 45.5 Å². The van der Waals surface area contributed by atoms with Crippen molar-refractivity contribution < 1.29 is 0 Å². The highest BCUT2D eigenvalue weighted by Gasteiger charge is 2.11. The van der Waals surface area contributed by atoms with E-state index in [4.69, 9.17) is 4.99 Å². The maximum atomic E-state index is 4.82. The summed E-state index contributed by atoms with van der Waals surface area (Å²) in [4.78, 5) is 7.00. The SMILES string of the molecule is CCNC(=NCc1c(C)nn(C)c1C)N(C)Cc1ccccc1C. The fourth-order valence-corrected chi connectivity index (χ4v) is 2.79. The highest BCUT2D eigenvalue weighted by atomic mass is 15.3. The number of guanidine groups is 1. The van der Waals surface area contributed by atoms with Gasteiger partial charge in [0.2, 0.25) is 0 Å². The molecule has 0 aliphatic heterocycles. The van der Waals surface area contributed by atoms with Crippen molar-refractivity contribution in [3.63, 3.8) is 0 Å². The lowest BCUT2D eigenvalue weighted by molar-refractivity contribution is 0.475. The van der Waals surface area contributed by atoms with E-state index in [9.17, 15) is 0 Å². The Morgan fingerprint density at radius 1 is 1.25 bits per heavy atom. The van der Waals surface area contributed by atoms with Crippen molar-refractivity contribution >= 4 is 5.96 Å². The summed E-state index contributed by atoms with van der Waals surface area (Å²) in [6, 6.07) is 8.48. The van der Waals surface area contributed by atoms with E-state index in [1.54, 1.807) is 0 Å². The molecule has 1 heterocycles. The number of hydrogen-bond donors (Lipinski definition) is 1. The molecule has 2 rings (SSSR count). The summed E-state index contributed by atoms with van der Waals surface area (Å²) in [5.41, 5.74) is 6.06. The van der Waals surface area contributed by atoms with E-state index in [1.165, 1.54) is 22.4 Å². The summed E-state index contributed by atoms with van der Waals surface area (Å²) in [5.74, 6) is 0.920. The fraction of sp³-hybridized carbons (Fsp3) is 0.474. The number of nitrogens with zero attached hydrogens (tertiary/aromatic N) is 4. The lowest BCUT2D eigenvalue weighted by atomic mass is 10.1. The minimum Gasteiger partial charge on any atom is -0.357 e. The maximum Gasteiger partial charge on any atom is 0.194 e. The highest BCUT2D eigenvalue weighted by Crippen LogP contribution is 2.14. The van der Waals surface area contributed by atoms with Gasteiger partial charge in [-0.25, -0.2) is 4.99 Å². The molecule has 24 heavy (non-hydrogen) atoms. The second kappa shape index (κ2) is 7.99. The predicted molar refractivity (Wildman–Crippen MR) is 100 cm³/mol. The van der Waals surface area contributed by atoms with E-state index in [2.05, 4.69) is 67.4 Å². The number of benzene rings is 1. The van der Waals surface area contributed by atoms with Crippen LogP contribution in [0, 0.1) is 20.8 Å². The molecular weight excluding hydrogens is 298 g/mol. The van der Waals surface area contributed by atoms with E-state index in [0.29, 0.717) is 6.54 Å². The quantitative estimate of drug-likeness (QED) is 0.678. The molecule has 0 unspecified atom stereocenters. The minimum absolute atomic E-state index is 0.645. The number of aromatic nitrogens is 2. The summed E-state index contributed by atoms with van der Waals surface area (Å²) < 4.78 is 1.92. The third-order valence-electron chi connectivity index (χ3n) is 4.41. The van der Waals surface area contributed by atoms with Crippen molar-refractivity contribution in [2.24, 2.45) is 12.0 Å². The molecule has 1 aromatic carbocycles. The molecule has 0 fully saturated rings. The van der Waals surface area contributed by atoms with E-state index in [-0.39, 0.29) is 0 Å². The van der Waals surface area contributed by atoms with Crippen LogP contribution >= 0.6 is 0 Å². The first-order chi connectivity index (χ1) is 11.4. The Kier molecular flexibility index (Phi) is 6.01. The van der Waals surface area contributed by atoms with Gasteiger partial charge in [0.15, 0.2) is 5.96 Å². The van der Waals surface area contributed by atoms with Crippen LogP contribution < -0.4 is 5.32 Å². The molecule has 0 atom stereocenters. The molecule has 0 spiro atoms. The third kappa shape index (κ3) is 4.16. The van der Waals surface area contributed by atoms with Gasteiger partial charge in [-0.3, -0.25) is 4.68 Å². The standard InChI is InChI=1S/C19H29N5/c1-7-20-19(21-12-18-15(3)22-24(6)16(18)4)23(5)13-17-11-9-8-10-14(17)2/h8-11H,7,12-13H2,1-6H3,(H,20,21). The van der Waals surface area contributed by atoms with Gasteiger partial charge in [-0.15, -0.1) is 0 Å². The number of aliphatic imine (C=N–C) groups is 1. The summed E-state index contributed by atoms with van der Waals surface area (Å²) in [5, 5.41) is 7.86. The fourth-order valence-electron chi connectivity index (χ4n) is 2.79. The van der Waals surface area contributed by atoms with E-state index >= 15 is 0 Å². The average Bonchev–Trinajstić information content (AvgIpc) is 2.79.